The molecule has 0 saturated carbocycles. The van der Waals surface area contributed by atoms with Gasteiger partial charge in [-0.2, -0.15) is 0 Å². The molecule has 1 fully saturated rings. The van der Waals surface area contributed by atoms with Gasteiger partial charge in [-0.05, 0) is 56.4 Å². The Bertz CT molecular complexity index is 1000. The van der Waals surface area contributed by atoms with Gasteiger partial charge in [-0.3, -0.25) is 9.59 Å². The number of aryl methyl sites for hydroxylation is 1. The average Bonchev–Trinajstić information content (AvgIpc) is 3.12. The lowest BCUT2D eigenvalue weighted by Gasteiger charge is -2.31. The first-order valence-corrected chi connectivity index (χ1v) is 10.4. The van der Waals surface area contributed by atoms with E-state index in [4.69, 9.17) is 5.41 Å². The Hall–Kier alpha value is -3.28. The van der Waals surface area contributed by atoms with Crippen LogP contribution in [0.15, 0.2) is 60.4 Å². The number of carbonyl (C=O) groups excluding carboxylic acids is 2. The molecule has 3 rings (SSSR count). The maximum Gasteiger partial charge on any atom is 0.250 e. The van der Waals surface area contributed by atoms with Crippen LogP contribution in [0.25, 0.3) is 0 Å². The summed E-state index contributed by atoms with van der Waals surface area (Å²) in [6.45, 7) is 3.97. The van der Waals surface area contributed by atoms with Gasteiger partial charge in [0.15, 0.2) is 5.76 Å². The van der Waals surface area contributed by atoms with E-state index in [1.807, 2.05) is 32.0 Å². The summed E-state index contributed by atoms with van der Waals surface area (Å²) < 4.78 is 13.5. The molecule has 0 aliphatic carbocycles. The van der Waals surface area contributed by atoms with Gasteiger partial charge in [0.25, 0.3) is 5.91 Å². The fourth-order valence-corrected chi connectivity index (χ4v) is 4.36. The van der Waals surface area contributed by atoms with E-state index in [0.29, 0.717) is 12.6 Å². The summed E-state index contributed by atoms with van der Waals surface area (Å²) in [6.07, 6.45) is 3.63. The maximum atomic E-state index is 13.5. The van der Waals surface area contributed by atoms with E-state index in [9.17, 15) is 19.1 Å². The molecule has 162 valence electrons. The lowest BCUT2D eigenvalue weighted by atomic mass is 9.84. The van der Waals surface area contributed by atoms with Crippen molar-refractivity contribution in [1.82, 2.24) is 4.90 Å². The van der Waals surface area contributed by atoms with Crippen LogP contribution >= 0.6 is 0 Å². The Labute approximate surface area is 181 Å². The molecule has 31 heavy (non-hydrogen) atoms. The number of ketones is 1. The molecule has 1 amide bonds. The Morgan fingerprint density at radius 3 is 2.55 bits per heavy atom. The Kier molecular flexibility index (Phi) is 7.00. The number of hydrogen-bond donors (Lipinski definition) is 2. The number of halogens is 1. The van der Waals surface area contributed by atoms with Crippen molar-refractivity contribution in [3.8, 4) is 0 Å². The third-order valence-corrected chi connectivity index (χ3v) is 5.91. The number of allylic oxidation sites excluding steroid dienone is 1. The van der Waals surface area contributed by atoms with Crippen molar-refractivity contribution in [1.29, 1.82) is 5.41 Å². The molecule has 0 unspecified atom stereocenters. The fourth-order valence-electron chi connectivity index (χ4n) is 4.36. The highest BCUT2D eigenvalue weighted by atomic mass is 19.1. The van der Waals surface area contributed by atoms with Crippen molar-refractivity contribution in [3.05, 3.63) is 82.9 Å². The van der Waals surface area contributed by atoms with Gasteiger partial charge in [0, 0.05) is 24.1 Å². The quantitative estimate of drug-likeness (QED) is 0.386. The van der Waals surface area contributed by atoms with Crippen molar-refractivity contribution in [2.45, 2.75) is 51.1 Å². The van der Waals surface area contributed by atoms with E-state index in [1.54, 1.807) is 17.0 Å². The van der Waals surface area contributed by atoms with E-state index in [1.165, 1.54) is 12.1 Å². The van der Waals surface area contributed by atoms with E-state index in [2.05, 4.69) is 6.07 Å². The zero-order valence-corrected chi connectivity index (χ0v) is 17.7. The molecule has 1 aliphatic heterocycles. The first-order valence-electron chi connectivity index (χ1n) is 10.4. The zero-order valence-electron chi connectivity index (χ0n) is 17.7. The number of amides is 1. The van der Waals surface area contributed by atoms with Gasteiger partial charge >= 0.3 is 0 Å². The zero-order chi connectivity index (χ0) is 22.5. The molecule has 1 heterocycles. The molecule has 2 aromatic carbocycles. The van der Waals surface area contributed by atoms with Crippen LogP contribution in [0.4, 0.5) is 4.39 Å². The molecule has 1 saturated heterocycles. The average molecular weight is 423 g/mol. The minimum atomic E-state index is -0.902. The number of rotatable bonds is 7. The largest absolute Gasteiger partial charge is 0.504 e. The summed E-state index contributed by atoms with van der Waals surface area (Å²) in [7, 11) is 0. The number of benzene rings is 2. The third-order valence-electron chi connectivity index (χ3n) is 5.91. The summed E-state index contributed by atoms with van der Waals surface area (Å²) in [5.74, 6) is -2.40. The minimum Gasteiger partial charge on any atom is -0.504 e. The second-order valence-electron chi connectivity index (χ2n) is 8.12. The van der Waals surface area contributed by atoms with E-state index >= 15 is 0 Å². The summed E-state index contributed by atoms with van der Waals surface area (Å²) in [5.41, 5.74) is 3.18. The molecule has 0 radical (unpaired) electrons. The first-order chi connectivity index (χ1) is 14.8. The second kappa shape index (κ2) is 9.69. The monoisotopic (exact) mass is 422 g/mol. The predicted octanol–water partition coefficient (Wildman–Crippen LogP) is 4.70. The number of carbonyl (C=O) groups is 2. The van der Waals surface area contributed by atoms with Crippen LogP contribution in [0, 0.1) is 18.2 Å². The highest BCUT2D eigenvalue weighted by Gasteiger charge is 2.36. The van der Waals surface area contributed by atoms with Crippen LogP contribution in [0.2, 0.25) is 0 Å². The van der Waals surface area contributed by atoms with Crippen molar-refractivity contribution >= 4 is 17.9 Å². The molecule has 0 spiro atoms. The van der Waals surface area contributed by atoms with Gasteiger partial charge < -0.3 is 15.4 Å². The first kappa shape index (κ1) is 22.4. The topological polar surface area (TPSA) is 81.5 Å². The fraction of sp³-hybridized carbons (Fsp3) is 0.320. The number of aliphatic hydroxyl groups is 1. The van der Waals surface area contributed by atoms with Gasteiger partial charge in [-0.1, -0.05) is 42.0 Å². The van der Waals surface area contributed by atoms with Gasteiger partial charge in [0.05, 0.1) is 6.21 Å². The van der Waals surface area contributed by atoms with E-state index in [0.717, 1.165) is 35.6 Å². The van der Waals surface area contributed by atoms with Gasteiger partial charge in [0.1, 0.15) is 5.82 Å². The number of nitrogens with zero attached hydrogens (tertiary/aromatic N) is 1. The minimum absolute atomic E-state index is 0.0353. The molecule has 0 bridgehead atoms. The number of Topliss-reactive ketones (excluding diaryl/α,β-unsaturated/α-hetero) is 1. The van der Waals surface area contributed by atoms with Crippen LogP contribution in [0.5, 0.6) is 0 Å². The van der Waals surface area contributed by atoms with Crippen LogP contribution in [-0.2, 0) is 9.59 Å². The molecule has 3 atom stereocenters. The Morgan fingerprint density at radius 1 is 1.19 bits per heavy atom. The predicted molar refractivity (Wildman–Crippen MR) is 118 cm³/mol. The standard InChI is InChI=1S/C25H27FN2O3/c1-16-4-3-5-19(12-16)22(18-7-9-20(26)10-8-18)13-21-11-6-17(2)28(21)25(31)14-23(29)24(30)15-27/h3-5,7-10,12,14-15,17,21-22,27,29H,6,11,13H2,1-2H3/b23-14-,27-15?/t17-,21+,22+/m0/s1. The van der Waals surface area contributed by atoms with Crippen molar-refractivity contribution in [3.63, 3.8) is 0 Å². The van der Waals surface area contributed by atoms with Crippen molar-refractivity contribution < 1.29 is 19.1 Å². The number of aliphatic hydroxyl groups excluding tert-OH is 1. The number of nitrogens with one attached hydrogen (secondary N) is 1. The molecule has 6 heteroatoms. The van der Waals surface area contributed by atoms with Crippen LogP contribution in [0.1, 0.15) is 48.8 Å². The Morgan fingerprint density at radius 2 is 1.90 bits per heavy atom. The van der Waals surface area contributed by atoms with Crippen molar-refractivity contribution in [2.24, 2.45) is 0 Å². The molecular formula is C25H27FN2O3. The smallest absolute Gasteiger partial charge is 0.250 e. The number of hydrogen-bond acceptors (Lipinski definition) is 4. The number of likely N-dealkylation sites (tertiary alicyclic amines) is 1. The maximum absolute atomic E-state index is 13.5. The van der Waals surface area contributed by atoms with Gasteiger partial charge in [0.2, 0.25) is 5.78 Å². The lowest BCUT2D eigenvalue weighted by Crippen LogP contribution is -2.40. The van der Waals surface area contributed by atoms with Crippen molar-refractivity contribution in [2.75, 3.05) is 0 Å². The highest BCUT2D eigenvalue weighted by molar-refractivity contribution is 6.33. The SMILES string of the molecule is Cc1cccc([C@H](C[C@H]2CC[C@H](C)N2C(=O)/C=C(\O)C(=O)C=N)c2ccc(F)cc2)c1. The summed E-state index contributed by atoms with van der Waals surface area (Å²) in [6, 6.07) is 14.5. The summed E-state index contributed by atoms with van der Waals surface area (Å²) in [4.78, 5) is 26.0. The van der Waals surface area contributed by atoms with Crippen LogP contribution in [-0.4, -0.2) is 40.0 Å². The highest BCUT2D eigenvalue weighted by Crippen LogP contribution is 2.36. The molecule has 2 N–H and O–H groups in total. The molecule has 1 aliphatic rings. The molecule has 2 aromatic rings. The van der Waals surface area contributed by atoms with E-state index < -0.39 is 17.4 Å². The van der Waals surface area contributed by atoms with Gasteiger partial charge in [-0.15, -0.1) is 0 Å². The summed E-state index contributed by atoms with van der Waals surface area (Å²) >= 11 is 0. The van der Waals surface area contributed by atoms with Crippen LogP contribution < -0.4 is 0 Å². The third kappa shape index (κ3) is 5.26. The lowest BCUT2D eigenvalue weighted by molar-refractivity contribution is -0.129. The normalized spacial score (nSPS) is 19.8. The Balaban J connectivity index is 1.92. The van der Waals surface area contributed by atoms with E-state index in [-0.39, 0.29) is 23.8 Å². The van der Waals surface area contributed by atoms with Gasteiger partial charge in [-0.25, -0.2) is 4.39 Å². The van der Waals surface area contributed by atoms with Crippen LogP contribution in [0.3, 0.4) is 0 Å². The molecule has 0 aromatic heterocycles. The summed E-state index contributed by atoms with van der Waals surface area (Å²) in [5, 5.41) is 16.8. The molecule has 5 nitrogen and oxygen atoms in total. The molecular weight excluding hydrogens is 395 g/mol. The second-order valence-corrected chi connectivity index (χ2v) is 8.12.